The molecule has 1 heterocycles. The van der Waals surface area contributed by atoms with E-state index < -0.39 is 0 Å². The van der Waals surface area contributed by atoms with Crippen molar-refractivity contribution < 1.29 is 9.36 Å². The molecule has 110 valence electrons. The van der Waals surface area contributed by atoms with E-state index in [0.29, 0.717) is 5.69 Å². The molecule has 1 N–H and O–H groups in total. The summed E-state index contributed by atoms with van der Waals surface area (Å²) >= 11 is 0. The fourth-order valence-electron chi connectivity index (χ4n) is 2.40. The molecule has 0 atom stereocenters. The zero-order chi connectivity index (χ0) is 15.2. The van der Waals surface area contributed by atoms with E-state index in [2.05, 4.69) is 12.2 Å². The number of carbonyl (C=O) groups excluding carboxylic acids is 1. The van der Waals surface area contributed by atoms with Crippen LogP contribution in [0.2, 0.25) is 0 Å². The summed E-state index contributed by atoms with van der Waals surface area (Å²) in [7, 11) is 0. The van der Waals surface area contributed by atoms with Crippen molar-refractivity contribution in [1.82, 2.24) is 0 Å². The second-order valence-corrected chi connectivity index (χ2v) is 5.35. The Morgan fingerprint density at radius 1 is 1.10 bits per heavy atom. The molecule has 0 bridgehead atoms. The average molecular weight is 283 g/mol. The van der Waals surface area contributed by atoms with E-state index >= 15 is 0 Å². The monoisotopic (exact) mass is 283 g/mol. The Morgan fingerprint density at radius 2 is 1.81 bits per heavy atom. The number of para-hydroxylation sites is 1. The molecular formula is C18H23N2O+. The lowest BCUT2D eigenvalue weighted by Gasteiger charge is -2.11. The van der Waals surface area contributed by atoms with Crippen LogP contribution in [0.25, 0.3) is 0 Å². The van der Waals surface area contributed by atoms with Gasteiger partial charge in [0.2, 0.25) is 0 Å². The first-order valence-corrected chi connectivity index (χ1v) is 7.49. The van der Waals surface area contributed by atoms with E-state index in [-0.39, 0.29) is 5.91 Å². The molecule has 0 unspecified atom stereocenters. The highest BCUT2D eigenvalue weighted by atomic mass is 16.1. The predicted octanol–water partition coefficient (Wildman–Crippen LogP) is 3.64. The van der Waals surface area contributed by atoms with Gasteiger partial charge in [-0.2, -0.15) is 4.57 Å². The van der Waals surface area contributed by atoms with Crippen molar-refractivity contribution >= 4 is 11.6 Å². The summed E-state index contributed by atoms with van der Waals surface area (Å²) < 4.78 is 2.02. The van der Waals surface area contributed by atoms with Crippen LogP contribution in [0, 0.1) is 13.8 Å². The molecule has 2 aromatic rings. The minimum atomic E-state index is -0.0518. The van der Waals surface area contributed by atoms with Gasteiger partial charge >= 0.3 is 5.91 Å². The summed E-state index contributed by atoms with van der Waals surface area (Å²) in [5.74, 6) is -0.0518. The van der Waals surface area contributed by atoms with Crippen molar-refractivity contribution in [2.45, 2.75) is 40.2 Å². The second kappa shape index (κ2) is 7.02. The number of aromatic nitrogens is 1. The normalized spacial score (nSPS) is 10.4. The fraction of sp³-hybridized carbons (Fsp3) is 0.333. The molecular weight excluding hydrogens is 260 g/mol. The summed E-state index contributed by atoms with van der Waals surface area (Å²) in [5.41, 5.74) is 3.78. The summed E-state index contributed by atoms with van der Waals surface area (Å²) in [6, 6.07) is 11.8. The van der Waals surface area contributed by atoms with Crippen LogP contribution >= 0.6 is 0 Å². The Bertz CT molecular complexity index is 615. The molecule has 21 heavy (non-hydrogen) atoms. The number of nitrogens with one attached hydrogen (secondary N) is 1. The third-order valence-corrected chi connectivity index (χ3v) is 3.65. The lowest BCUT2D eigenvalue weighted by Crippen LogP contribution is -2.41. The van der Waals surface area contributed by atoms with Gasteiger partial charge < -0.3 is 5.32 Å². The van der Waals surface area contributed by atoms with Crippen LogP contribution in [0.4, 0.5) is 5.69 Å². The van der Waals surface area contributed by atoms with Crippen molar-refractivity contribution in [3.05, 3.63) is 59.4 Å². The number of rotatable bonds is 5. The fourth-order valence-corrected chi connectivity index (χ4v) is 2.40. The topological polar surface area (TPSA) is 33.0 Å². The Labute approximate surface area is 126 Å². The Kier molecular flexibility index (Phi) is 5.09. The van der Waals surface area contributed by atoms with E-state index in [9.17, 15) is 4.79 Å². The van der Waals surface area contributed by atoms with Crippen LogP contribution in [0.15, 0.2) is 42.6 Å². The number of carbonyl (C=O) groups is 1. The van der Waals surface area contributed by atoms with Crippen LogP contribution in [0.3, 0.4) is 0 Å². The molecule has 3 heteroatoms. The van der Waals surface area contributed by atoms with Gasteiger partial charge in [0.05, 0.1) is 0 Å². The van der Waals surface area contributed by atoms with Crippen LogP contribution in [0.5, 0.6) is 0 Å². The Balaban J connectivity index is 2.25. The molecule has 1 aromatic heterocycles. The van der Waals surface area contributed by atoms with Gasteiger partial charge in [-0.1, -0.05) is 31.5 Å². The van der Waals surface area contributed by atoms with Gasteiger partial charge in [0.15, 0.2) is 6.20 Å². The minimum absolute atomic E-state index is 0.0518. The van der Waals surface area contributed by atoms with Crippen LogP contribution < -0.4 is 9.88 Å². The first kappa shape index (κ1) is 15.2. The van der Waals surface area contributed by atoms with E-state index in [1.165, 1.54) is 0 Å². The van der Waals surface area contributed by atoms with Crippen LogP contribution in [-0.2, 0) is 6.54 Å². The van der Waals surface area contributed by atoms with Crippen LogP contribution in [0.1, 0.15) is 41.4 Å². The first-order valence-electron chi connectivity index (χ1n) is 7.49. The van der Waals surface area contributed by atoms with Crippen LogP contribution in [-0.4, -0.2) is 5.91 Å². The van der Waals surface area contributed by atoms with E-state index in [1.807, 2.05) is 61.0 Å². The maximum Gasteiger partial charge on any atom is 0.320 e. The Hall–Kier alpha value is -2.16. The highest BCUT2D eigenvalue weighted by Crippen LogP contribution is 2.19. The number of benzene rings is 1. The van der Waals surface area contributed by atoms with Crippen molar-refractivity contribution in [2.75, 3.05) is 5.32 Å². The Morgan fingerprint density at radius 3 is 2.48 bits per heavy atom. The van der Waals surface area contributed by atoms with Gasteiger partial charge in [0.25, 0.3) is 5.69 Å². The zero-order valence-electron chi connectivity index (χ0n) is 13.0. The summed E-state index contributed by atoms with van der Waals surface area (Å²) in [5, 5.41) is 3.05. The quantitative estimate of drug-likeness (QED) is 0.835. The average Bonchev–Trinajstić information content (AvgIpc) is 2.49. The number of aryl methyl sites for hydroxylation is 3. The van der Waals surface area contributed by atoms with E-state index in [1.54, 1.807) is 0 Å². The first-order chi connectivity index (χ1) is 10.1. The molecule has 2 rings (SSSR count). The van der Waals surface area contributed by atoms with Gasteiger partial charge in [-0.25, -0.2) is 0 Å². The maximum absolute atomic E-state index is 12.6. The third-order valence-electron chi connectivity index (χ3n) is 3.65. The van der Waals surface area contributed by atoms with E-state index in [0.717, 1.165) is 36.2 Å². The van der Waals surface area contributed by atoms with Crippen molar-refractivity contribution in [1.29, 1.82) is 0 Å². The summed E-state index contributed by atoms with van der Waals surface area (Å²) in [6.45, 7) is 7.05. The number of nitrogens with zero attached hydrogens (tertiary/aromatic N) is 1. The SMILES string of the molecule is CCCC[n+]1ccccc1C(=O)Nc1c(C)cccc1C. The van der Waals surface area contributed by atoms with Crippen molar-refractivity contribution in [2.24, 2.45) is 0 Å². The van der Waals surface area contributed by atoms with Gasteiger partial charge in [-0.05, 0) is 31.0 Å². The highest BCUT2D eigenvalue weighted by molar-refractivity contribution is 6.02. The van der Waals surface area contributed by atoms with E-state index in [4.69, 9.17) is 0 Å². The number of unbranched alkanes of at least 4 members (excludes halogenated alkanes) is 1. The maximum atomic E-state index is 12.6. The lowest BCUT2D eigenvalue weighted by molar-refractivity contribution is -0.699. The van der Waals surface area contributed by atoms with Crippen molar-refractivity contribution in [3.63, 3.8) is 0 Å². The van der Waals surface area contributed by atoms with Gasteiger partial charge in [0.1, 0.15) is 6.54 Å². The standard InChI is InChI=1S/C18H22N2O/c1-4-5-12-20-13-7-6-11-16(20)18(21)19-17-14(2)9-8-10-15(17)3/h6-11,13H,4-5,12H2,1-3H3/p+1. The highest BCUT2D eigenvalue weighted by Gasteiger charge is 2.19. The van der Waals surface area contributed by atoms with Gasteiger partial charge in [0, 0.05) is 24.2 Å². The predicted molar refractivity (Wildman–Crippen MR) is 85.4 cm³/mol. The molecule has 0 saturated carbocycles. The van der Waals surface area contributed by atoms with Crippen molar-refractivity contribution in [3.8, 4) is 0 Å². The molecule has 0 fully saturated rings. The molecule has 1 aromatic carbocycles. The van der Waals surface area contributed by atoms with Gasteiger partial charge in [-0.3, -0.25) is 4.79 Å². The molecule has 0 aliphatic carbocycles. The smallest absolute Gasteiger partial charge is 0.316 e. The summed E-state index contributed by atoms with van der Waals surface area (Å²) in [4.78, 5) is 12.6. The summed E-state index contributed by atoms with van der Waals surface area (Å²) in [6.07, 6.45) is 4.15. The lowest BCUT2D eigenvalue weighted by atomic mass is 10.1. The number of anilines is 1. The number of pyridine rings is 1. The minimum Gasteiger partial charge on any atom is -0.316 e. The largest absolute Gasteiger partial charge is 0.320 e. The second-order valence-electron chi connectivity index (χ2n) is 5.35. The number of hydrogen-bond acceptors (Lipinski definition) is 1. The zero-order valence-corrected chi connectivity index (χ0v) is 13.0. The number of hydrogen-bond donors (Lipinski definition) is 1. The molecule has 3 nitrogen and oxygen atoms in total. The molecule has 0 aliphatic rings. The molecule has 0 aliphatic heterocycles. The third kappa shape index (κ3) is 3.69. The molecule has 1 amide bonds. The number of amides is 1. The molecule has 0 spiro atoms. The van der Waals surface area contributed by atoms with Gasteiger partial charge in [-0.15, -0.1) is 0 Å². The molecule has 0 saturated heterocycles. The molecule has 0 radical (unpaired) electrons.